The molecule has 0 bridgehead atoms. The van der Waals surface area contributed by atoms with Gasteiger partial charge >= 0.3 is 0 Å². The van der Waals surface area contributed by atoms with Gasteiger partial charge in [0.25, 0.3) is 17.7 Å². The number of aromatic nitrogens is 3. The van der Waals surface area contributed by atoms with Crippen LogP contribution in [0.2, 0.25) is 30.5 Å². The highest BCUT2D eigenvalue weighted by atomic mass is 35.5. The van der Waals surface area contributed by atoms with Crippen molar-refractivity contribution < 1.29 is 36.3 Å². The summed E-state index contributed by atoms with van der Waals surface area (Å²) in [6.45, 7) is 8.91. The third-order valence-corrected chi connectivity index (χ3v) is 22.0. The Morgan fingerprint density at radius 3 is 1.14 bits per heavy atom. The maximum absolute atomic E-state index is 13.9. The number of hydrogen-bond donors (Lipinski definition) is 0. The highest BCUT2D eigenvalue weighted by molar-refractivity contribution is 6.34. The molecule has 3 fully saturated rings. The summed E-state index contributed by atoms with van der Waals surface area (Å²) in [6.07, 6.45) is 21.1. The Kier molecular flexibility index (Phi) is 22.9. The fourth-order valence-corrected chi connectivity index (χ4v) is 16.3. The lowest BCUT2D eigenvalue weighted by Crippen LogP contribution is -2.46. The predicted molar refractivity (Wildman–Crippen MR) is 405 cm³/mol. The van der Waals surface area contributed by atoms with Crippen molar-refractivity contribution in [2.75, 3.05) is 93.2 Å². The van der Waals surface area contributed by atoms with E-state index < -0.39 is 23.3 Å². The number of rotatable bonds is 12. The van der Waals surface area contributed by atoms with Crippen molar-refractivity contribution >= 4 is 123 Å². The van der Waals surface area contributed by atoms with Crippen LogP contribution in [0.3, 0.4) is 0 Å². The SMILES string of the molecule is O=C(c1cc(Cl)nc(Cl)c1)N1CC2(CCN(C/C=C/c3ccc(F)cc3F)CC2)c2cc(Cl)ccc21.O=C(c1ccnc(Cl)c1)N1CC2(CCN(C/C=C/c3ccccc3F)CC2)c2cc(Cl)ccc21.O=C(c1ccncc1)N1CC2(CCN(C/C=C/c3ccc(F)cc3F)CC2)c2cc(Cl)ccc21. The number of amides is 3. The molecular formula is C81H70Cl6F5N9O3. The Morgan fingerprint density at radius 2 is 0.750 bits per heavy atom. The summed E-state index contributed by atoms with van der Waals surface area (Å²) in [5.41, 5.74) is 8.35. The number of carbonyl (C=O) groups is 3. The summed E-state index contributed by atoms with van der Waals surface area (Å²) in [5.74, 6) is -2.83. The average molecular weight is 1530 g/mol. The van der Waals surface area contributed by atoms with E-state index in [1.165, 1.54) is 42.5 Å². The molecule has 0 radical (unpaired) electrons. The summed E-state index contributed by atoms with van der Waals surface area (Å²) < 4.78 is 67.8. The molecule has 9 aromatic rings. The molecule has 23 heteroatoms. The number of likely N-dealkylation sites (tertiary alicyclic amines) is 3. The van der Waals surface area contributed by atoms with Gasteiger partial charge in [-0.05, 0) is 216 Å². The number of halogens is 11. The number of nitrogens with zero attached hydrogens (tertiary/aromatic N) is 9. The van der Waals surface area contributed by atoms with Crippen LogP contribution in [-0.4, -0.2) is 126 Å². The fraction of sp³-hybridized carbons (Fsp3) is 0.259. The second-order valence-corrected chi connectivity index (χ2v) is 29.5. The molecule has 104 heavy (non-hydrogen) atoms. The third-order valence-electron chi connectivity index (χ3n) is 20.7. The first-order valence-corrected chi connectivity index (χ1v) is 36.4. The fourth-order valence-electron chi connectivity index (χ4n) is 15.2. The summed E-state index contributed by atoms with van der Waals surface area (Å²) in [5, 5.41) is 2.60. The van der Waals surface area contributed by atoms with Gasteiger partial charge in [0.15, 0.2) is 0 Å². The molecule has 6 aromatic carbocycles. The molecular weight excluding hydrogens is 1450 g/mol. The van der Waals surface area contributed by atoms with Gasteiger partial charge in [0.2, 0.25) is 0 Å². The number of anilines is 3. The smallest absolute Gasteiger partial charge is 0.258 e. The number of hydrogen-bond acceptors (Lipinski definition) is 9. The molecule has 3 aromatic heterocycles. The number of piperidine rings is 3. The summed E-state index contributed by atoms with van der Waals surface area (Å²) in [6, 6.07) is 41.0. The van der Waals surface area contributed by atoms with Crippen LogP contribution in [0.5, 0.6) is 0 Å². The monoisotopic (exact) mass is 1520 g/mol. The molecule has 0 aliphatic carbocycles. The minimum Gasteiger partial charge on any atom is -0.307 e. The van der Waals surface area contributed by atoms with Gasteiger partial charge in [0, 0.05) is 152 Å². The van der Waals surface area contributed by atoms with Gasteiger partial charge in [-0.1, -0.05) is 124 Å². The lowest BCUT2D eigenvalue weighted by Gasteiger charge is -2.39. The second kappa shape index (κ2) is 32.2. The van der Waals surface area contributed by atoms with Gasteiger partial charge < -0.3 is 14.7 Å². The quantitative estimate of drug-likeness (QED) is 0.0872. The van der Waals surface area contributed by atoms with E-state index in [0.717, 1.165) is 130 Å². The number of carbonyl (C=O) groups excluding carboxylic acids is 3. The lowest BCUT2D eigenvalue weighted by atomic mass is 9.74. The Labute approximate surface area is 630 Å². The minimum absolute atomic E-state index is 0.0328. The maximum atomic E-state index is 13.9. The van der Waals surface area contributed by atoms with E-state index in [0.29, 0.717) is 86.3 Å². The number of pyridine rings is 3. The van der Waals surface area contributed by atoms with Crippen LogP contribution in [0.4, 0.5) is 39.0 Å². The van der Waals surface area contributed by atoms with Crippen molar-refractivity contribution in [3.8, 4) is 0 Å². The molecule has 15 rings (SSSR count). The molecule has 0 saturated carbocycles. The van der Waals surface area contributed by atoms with E-state index in [-0.39, 0.29) is 50.1 Å². The van der Waals surface area contributed by atoms with Gasteiger partial charge in [0.1, 0.15) is 44.5 Å². The molecule has 9 heterocycles. The van der Waals surface area contributed by atoms with Crippen LogP contribution >= 0.6 is 69.6 Å². The first kappa shape index (κ1) is 74.0. The highest BCUT2D eigenvalue weighted by Gasteiger charge is 2.50. The summed E-state index contributed by atoms with van der Waals surface area (Å²) >= 11 is 37.2. The van der Waals surface area contributed by atoms with Crippen LogP contribution in [0.1, 0.15) is 103 Å². The van der Waals surface area contributed by atoms with Gasteiger partial charge in [0.05, 0.1) is 0 Å². The van der Waals surface area contributed by atoms with E-state index in [9.17, 15) is 36.3 Å². The van der Waals surface area contributed by atoms with E-state index in [1.54, 1.807) is 78.1 Å². The Morgan fingerprint density at radius 1 is 0.385 bits per heavy atom. The first-order valence-electron chi connectivity index (χ1n) is 34.2. The topological polar surface area (TPSA) is 109 Å². The largest absolute Gasteiger partial charge is 0.307 e. The highest BCUT2D eigenvalue weighted by Crippen LogP contribution is 2.52. The molecule has 3 saturated heterocycles. The Balaban J connectivity index is 0.000000139. The lowest BCUT2D eigenvalue weighted by molar-refractivity contribution is 0.0970. The van der Waals surface area contributed by atoms with Crippen molar-refractivity contribution in [1.82, 2.24) is 29.7 Å². The molecule has 534 valence electrons. The normalized spacial score (nSPS) is 17.4. The molecule has 0 unspecified atom stereocenters. The van der Waals surface area contributed by atoms with Crippen molar-refractivity contribution in [3.05, 3.63) is 298 Å². The molecule has 6 aliphatic rings. The molecule has 0 N–H and O–H groups in total. The van der Waals surface area contributed by atoms with Crippen molar-refractivity contribution in [2.45, 2.75) is 54.8 Å². The Bertz CT molecular complexity index is 4770. The van der Waals surface area contributed by atoms with Crippen LogP contribution in [0.15, 0.2) is 188 Å². The minimum atomic E-state index is -0.592. The zero-order chi connectivity index (χ0) is 72.9. The van der Waals surface area contributed by atoms with Gasteiger partial charge in [-0.25, -0.2) is 31.9 Å². The van der Waals surface area contributed by atoms with Crippen LogP contribution in [0.25, 0.3) is 18.2 Å². The van der Waals surface area contributed by atoms with E-state index in [2.05, 4.69) is 29.7 Å². The maximum Gasteiger partial charge on any atom is 0.258 e. The Hall–Kier alpha value is -8.33. The molecule has 6 aliphatic heterocycles. The third kappa shape index (κ3) is 16.5. The molecule has 3 amide bonds. The zero-order valence-corrected chi connectivity index (χ0v) is 60.8. The number of benzene rings is 6. The van der Waals surface area contributed by atoms with Crippen molar-refractivity contribution in [3.63, 3.8) is 0 Å². The standard InChI is InChI=1S/C27H22Cl3F2N3O.C27H24Cl2FN3O.C27H24ClF2N3O/c28-19-4-6-23-21(14-19)27(16-35(23)26(36)18-12-24(29)33-25(30)13-18)7-10-34(11-8-27)9-1-2-17-3-5-20(31)15-22(17)32;28-21-7-8-24-22(17-21)27(18-33(24)26(34)20-9-12-31-25(29)16-20)10-14-32(15-11-27)13-3-5-19-4-1-2-6-23(19)30;28-21-4-6-25-23(16-21)27(18-33(25)26(34)20-7-11-31-12-8-20)9-14-32(15-10-27)13-1-2-19-3-5-22(29)17-24(19)30/h1-6,12-15H,7-11,16H2;1-9,12,16-17H,10-11,13-15,18H2;1-8,11-12,16-17H,9-10,13-15,18H2/b2-1+;5-3+;2-1+. The molecule has 0 atom stereocenters. The van der Waals surface area contributed by atoms with Crippen LogP contribution in [-0.2, 0) is 16.2 Å². The predicted octanol–water partition coefficient (Wildman–Crippen LogP) is 19.0. The van der Waals surface area contributed by atoms with Crippen molar-refractivity contribution in [2.24, 2.45) is 0 Å². The molecule has 3 spiro atoms. The second-order valence-electron chi connectivity index (χ2n) is 27.1. The average Bonchev–Trinajstić information content (AvgIpc) is 1.60. The van der Waals surface area contributed by atoms with Crippen LogP contribution in [0, 0.1) is 29.1 Å². The van der Waals surface area contributed by atoms with Gasteiger partial charge in [-0.3, -0.25) is 34.1 Å². The van der Waals surface area contributed by atoms with E-state index >= 15 is 0 Å². The zero-order valence-electron chi connectivity index (χ0n) is 56.3. The first-order chi connectivity index (χ1) is 50.1. The van der Waals surface area contributed by atoms with Gasteiger partial charge in [-0.2, -0.15) is 0 Å². The summed E-state index contributed by atoms with van der Waals surface area (Å²) in [7, 11) is 0. The van der Waals surface area contributed by atoms with Crippen LogP contribution < -0.4 is 14.7 Å². The van der Waals surface area contributed by atoms with E-state index in [1.807, 2.05) is 88.7 Å². The van der Waals surface area contributed by atoms with Gasteiger partial charge in [-0.15, -0.1) is 0 Å². The summed E-state index contributed by atoms with van der Waals surface area (Å²) in [4.78, 5) is 64.6. The van der Waals surface area contributed by atoms with Crippen molar-refractivity contribution in [1.29, 1.82) is 0 Å². The number of fused-ring (bicyclic) bond motifs is 6. The van der Waals surface area contributed by atoms with E-state index in [4.69, 9.17) is 69.6 Å². The molecule has 12 nitrogen and oxygen atoms in total.